The summed E-state index contributed by atoms with van der Waals surface area (Å²) in [6.07, 6.45) is 2.55. The predicted octanol–water partition coefficient (Wildman–Crippen LogP) is 2.11. The SMILES string of the molecule is CCNC(=NCC(C)N1CCOCC1)NCC(c1ccc(OC)cc1)N1CCCC1. The molecule has 168 valence electrons. The summed E-state index contributed by atoms with van der Waals surface area (Å²) in [6.45, 7) is 12.8. The van der Waals surface area contributed by atoms with Crippen molar-refractivity contribution in [3.63, 3.8) is 0 Å². The lowest BCUT2D eigenvalue weighted by Crippen LogP contribution is -2.45. The lowest BCUT2D eigenvalue weighted by atomic mass is 10.1. The first-order valence-electron chi connectivity index (χ1n) is 11.4. The van der Waals surface area contributed by atoms with E-state index in [0.717, 1.165) is 70.7 Å². The van der Waals surface area contributed by atoms with E-state index in [1.807, 2.05) is 0 Å². The Kier molecular flexibility index (Phi) is 9.24. The molecule has 0 saturated carbocycles. The zero-order chi connectivity index (χ0) is 21.2. The Morgan fingerprint density at radius 3 is 2.40 bits per heavy atom. The van der Waals surface area contributed by atoms with Crippen molar-refractivity contribution < 1.29 is 9.47 Å². The van der Waals surface area contributed by atoms with Crippen LogP contribution in [0.1, 0.15) is 38.3 Å². The number of ether oxygens (including phenoxy) is 2. The van der Waals surface area contributed by atoms with Crippen LogP contribution in [0, 0.1) is 0 Å². The predicted molar refractivity (Wildman–Crippen MR) is 122 cm³/mol. The lowest BCUT2D eigenvalue weighted by Gasteiger charge is -2.31. The highest BCUT2D eigenvalue weighted by atomic mass is 16.5. The fourth-order valence-corrected chi connectivity index (χ4v) is 4.23. The van der Waals surface area contributed by atoms with Gasteiger partial charge in [0, 0.05) is 32.2 Å². The van der Waals surface area contributed by atoms with E-state index in [2.05, 4.69) is 58.5 Å². The lowest BCUT2D eigenvalue weighted by molar-refractivity contribution is 0.0220. The van der Waals surface area contributed by atoms with E-state index in [1.54, 1.807) is 7.11 Å². The van der Waals surface area contributed by atoms with Crippen LogP contribution in [0.2, 0.25) is 0 Å². The summed E-state index contributed by atoms with van der Waals surface area (Å²) in [7, 11) is 1.71. The molecule has 2 atom stereocenters. The molecule has 0 radical (unpaired) electrons. The van der Waals surface area contributed by atoms with Crippen molar-refractivity contribution in [3.8, 4) is 5.75 Å². The van der Waals surface area contributed by atoms with Crippen molar-refractivity contribution in [1.82, 2.24) is 20.4 Å². The van der Waals surface area contributed by atoms with Crippen molar-refractivity contribution >= 4 is 5.96 Å². The quantitative estimate of drug-likeness (QED) is 0.474. The summed E-state index contributed by atoms with van der Waals surface area (Å²) >= 11 is 0. The minimum Gasteiger partial charge on any atom is -0.497 e. The van der Waals surface area contributed by atoms with Gasteiger partial charge in [-0.3, -0.25) is 14.8 Å². The summed E-state index contributed by atoms with van der Waals surface area (Å²) < 4.78 is 10.8. The third kappa shape index (κ3) is 6.59. The number of hydrogen-bond acceptors (Lipinski definition) is 5. The molecule has 2 unspecified atom stereocenters. The number of rotatable bonds is 9. The summed E-state index contributed by atoms with van der Waals surface area (Å²) in [5.74, 6) is 1.80. The van der Waals surface area contributed by atoms with Gasteiger partial charge in [-0.05, 0) is 57.5 Å². The largest absolute Gasteiger partial charge is 0.497 e. The number of likely N-dealkylation sites (tertiary alicyclic amines) is 1. The minimum absolute atomic E-state index is 0.332. The van der Waals surface area contributed by atoms with Crippen LogP contribution in [0.5, 0.6) is 5.75 Å². The number of morpholine rings is 1. The van der Waals surface area contributed by atoms with Crippen molar-refractivity contribution in [3.05, 3.63) is 29.8 Å². The van der Waals surface area contributed by atoms with Gasteiger partial charge in [-0.1, -0.05) is 12.1 Å². The summed E-state index contributed by atoms with van der Waals surface area (Å²) in [4.78, 5) is 9.92. The molecule has 1 aromatic rings. The van der Waals surface area contributed by atoms with Gasteiger partial charge in [0.1, 0.15) is 5.75 Å². The molecule has 0 amide bonds. The molecule has 2 heterocycles. The van der Waals surface area contributed by atoms with E-state index in [4.69, 9.17) is 14.5 Å². The average Bonchev–Trinajstić information content (AvgIpc) is 3.33. The molecule has 30 heavy (non-hydrogen) atoms. The zero-order valence-electron chi connectivity index (χ0n) is 18.9. The van der Waals surface area contributed by atoms with Gasteiger partial charge in [0.2, 0.25) is 0 Å². The third-order valence-corrected chi connectivity index (χ3v) is 6.07. The molecule has 0 aliphatic carbocycles. The Morgan fingerprint density at radius 2 is 1.77 bits per heavy atom. The van der Waals surface area contributed by atoms with Gasteiger partial charge in [0.25, 0.3) is 0 Å². The maximum atomic E-state index is 5.47. The number of guanidine groups is 1. The van der Waals surface area contributed by atoms with Crippen molar-refractivity contribution in [2.75, 3.05) is 66.1 Å². The molecule has 2 fully saturated rings. The molecule has 0 aromatic heterocycles. The van der Waals surface area contributed by atoms with Crippen LogP contribution in [-0.2, 0) is 4.74 Å². The highest BCUT2D eigenvalue weighted by Gasteiger charge is 2.24. The van der Waals surface area contributed by atoms with Gasteiger partial charge in [-0.2, -0.15) is 0 Å². The van der Waals surface area contributed by atoms with Gasteiger partial charge in [0.05, 0.1) is 32.9 Å². The first kappa shape index (κ1) is 22.8. The highest BCUT2D eigenvalue weighted by Crippen LogP contribution is 2.26. The van der Waals surface area contributed by atoms with Crippen LogP contribution < -0.4 is 15.4 Å². The molecule has 2 aliphatic heterocycles. The first-order chi connectivity index (χ1) is 14.7. The number of methoxy groups -OCH3 is 1. The summed E-state index contributed by atoms with van der Waals surface area (Å²) in [5, 5.41) is 7.02. The fourth-order valence-electron chi connectivity index (χ4n) is 4.23. The molecule has 7 nitrogen and oxygen atoms in total. The van der Waals surface area contributed by atoms with Crippen LogP contribution in [0.15, 0.2) is 29.3 Å². The molecule has 3 rings (SSSR count). The number of aliphatic imine (C=N–C) groups is 1. The number of nitrogens with zero attached hydrogens (tertiary/aromatic N) is 3. The smallest absolute Gasteiger partial charge is 0.191 e. The minimum atomic E-state index is 0.332. The topological polar surface area (TPSA) is 61.4 Å². The summed E-state index contributed by atoms with van der Waals surface area (Å²) in [6, 6.07) is 9.24. The molecule has 1 aromatic carbocycles. The van der Waals surface area contributed by atoms with Gasteiger partial charge >= 0.3 is 0 Å². The van der Waals surface area contributed by atoms with E-state index >= 15 is 0 Å². The van der Waals surface area contributed by atoms with Gasteiger partial charge in [-0.15, -0.1) is 0 Å². The van der Waals surface area contributed by atoms with Crippen LogP contribution in [0.25, 0.3) is 0 Å². The van der Waals surface area contributed by atoms with Crippen LogP contribution in [-0.4, -0.2) is 87.9 Å². The van der Waals surface area contributed by atoms with Crippen molar-refractivity contribution in [2.24, 2.45) is 4.99 Å². The molecular formula is C23H39N5O2. The van der Waals surface area contributed by atoms with Crippen LogP contribution in [0.4, 0.5) is 0 Å². The Morgan fingerprint density at radius 1 is 1.07 bits per heavy atom. The zero-order valence-corrected chi connectivity index (χ0v) is 18.9. The third-order valence-electron chi connectivity index (χ3n) is 6.07. The number of benzene rings is 1. The number of nitrogens with one attached hydrogen (secondary N) is 2. The van der Waals surface area contributed by atoms with Gasteiger partial charge < -0.3 is 20.1 Å². The Hall–Kier alpha value is -1.83. The Bertz CT molecular complexity index is 639. The van der Waals surface area contributed by atoms with E-state index in [9.17, 15) is 0 Å². The molecule has 2 N–H and O–H groups in total. The monoisotopic (exact) mass is 417 g/mol. The fraction of sp³-hybridized carbons (Fsp3) is 0.696. The highest BCUT2D eigenvalue weighted by molar-refractivity contribution is 5.79. The normalized spacial score (nSPS) is 20.7. The number of hydrogen-bond donors (Lipinski definition) is 2. The molecule has 2 saturated heterocycles. The molecular weight excluding hydrogens is 378 g/mol. The second kappa shape index (κ2) is 12.1. The average molecular weight is 418 g/mol. The molecule has 2 aliphatic rings. The second-order valence-electron chi connectivity index (χ2n) is 8.13. The standard InChI is InChI=1S/C23H39N5O2/c1-4-24-23(25-17-19(2)27-13-15-30-16-14-27)26-18-22(28-11-5-6-12-28)20-7-9-21(29-3)10-8-20/h7-10,19,22H,4-6,11-18H2,1-3H3,(H2,24,25,26). The maximum absolute atomic E-state index is 5.47. The van der Waals surface area contributed by atoms with E-state index in [0.29, 0.717) is 12.1 Å². The van der Waals surface area contributed by atoms with Crippen LogP contribution >= 0.6 is 0 Å². The first-order valence-corrected chi connectivity index (χ1v) is 11.4. The van der Waals surface area contributed by atoms with Gasteiger partial charge in [-0.25, -0.2) is 0 Å². The Labute approximate surface area is 181 Å². The van der Waals surface area contributed by atoms with E-state index < -0.39 is 0 Å². The Balaban J connectivity index is 1.62. The molecule has 7 heteroatoms. The second-order valence-corrected chi connectivity index (χ2v) is 8.13. The van der Waals surface area contributed by atoms with E-state index in [1.165, 1.54) is 18.4 Å². The van der Waals surface area contributed by atoms with Crippen LogP contribution in [0.3, 0.4) is 0 Å². The summed E-state index contributed by atoms with van der Waals surface area (Å²) in [5.41, 5.74) is 1.32. The molecule has 0 spiro atoms. The van der Waals surface area contributed by atoms with Crippen molar-refractivity contribution in [2.45, 2.75) is 38.8 Å². The van der Waals surface area contributed by atoms with Crippen molar-refractivity contribution in [1.29, 1.82) is 0 Å². The van der Waals surface area contributed by atoms with E-state index in [-0.39, 0.29) is 0 Å². The van der Waals surface area contributed by atoms with Gasteiger partial charge in [0.15, 0.2) is 5.96 Å². The molecule has 0 bridgehead atoms. The maximum Gasteiger partial charge on any atom is 0.191 e.